The predicted molar refractivity (Wildman–Crippen MR) is 158 cm³/mol. The number of imide groups is 1. The molecular weight excluding hydrogens is 494 g/mol. The highest BCUT2D eigenvalue weighted by atomic mass is 16.6. The second-order valence-electron chi connectivity index (χ2n) is 11.0. The summed E-state index contributed by atoms with van der Waals surface area (Å²) in [4.78, 5) is 37.5. The Balaban J connectivity index is 0.00000371. The van der Waals surface area contributed by atoms with Crippen LogP contribution in [0.5, 0.6) is 0 Å². The van der Waals surface area contributed by atoms with Crippen LogP contribution >= 0.6 is 0 Å². The van der Waals surface area contributed by atoms with Crippen molar-refractivity contribution in [1.82, 2.24) is 4.90 Å². The first kappa shape index (κ1) is 33.5. The number of nitrogens with zero attached hydrogens (tertiary/aromatic N) is 1. The van der Waals surface area contributed by atoms with Crippen molar-refractivity contribution in [1.29, 1.82) is 0 Å². The lowest BCUT2D eigenvalue weighted by molar-refractivity contribution is 0.0833. The first-order valence-electron chi connectivity index (χ1n) is 13.7. The molecule has 0 radical (unpaired) electrons. The second kappa shape index (κ2) is 15.8. The summed E-state index contributed by atoms with van der Waals surface area (Å²) in [5.41, 5.74) is 3.43. The highest BCUT2D eigenvalue weighted by molar-refractivity contribution is 5.99. The summed E-state index contributed by atoms with van der Waals surface area (Å²) in [6.45, 7) is 18.9. The minimum Gasteiger partial charge on any atom is -0.449 e. The standard InChI is InChI=1S/C29H41N3O5.C2H6/c1-8-32(27(35)36-9-2)25(33)30-23-14-10-21(11-15-23)18-22-12-16-24(17-13-22)31-26(34)37-20-29(6,7)19-28(3,4)5;1-2/h10-17H,8-9,18-20H2,1-7H3,(H,30,33)(H,31,34);1-2H3. The van der Waals surface area contributed by atoms with Crippen molar-refractivity contribution >= 4 is 29.6 Å². The smallest absolute Gasteiger partial charge is 0.417 e. The number of urea groups is 1. The molecule has 0 saturated carbocycles. The molecule has 0 unspecified atom stereocenters. The normalized spacial score (nSPS) is 11.0. The van der Waals surface area contributed by atoms with Crippen molar-refractivity contribution in [3.63, 3.8) is 0 Å². The topological polar surface area (TPSA) is 97.0 Å². The molecule has 2 rings (SSSR count). The van der Waals surface area contributed by atoms with Crippen LogP contribution in [0.2, 0.25) is 0 Å². The number of carbonyl (C=O) groups excluding carboxylic acids is 3. The maximum atomic E-state index is 12.4. The average molecular weight is 542 g/mol. The zero-order valence-corrected chi connectivity index (χ0v) is 25.1. The fourth-order valence-corrected chi connectivity index (χ4v) is 4.30. The molecule has 2 aromatic rings. The lowest BCUT2D eigenvalue weighted by atomic mass is 9.77. The Labute approximate surface area is 234 Å². The molecule has 39 heavy (non-hydrogen) atoms. The van der Waals surface area contributed by atoms with E-state index in [1.165, 1.54) is 0 Å². The van der Waals surface area contributed by atoms with Gasteiger partial charge in [-0.05, 0) is 72.9 Å². The van der Waals surface area contributed by atoms with Crippen LogP contribution in [-0.4, -0.2) is 42.9 Å². The van der Waals surface area contributed by atoms with E-state index in [1.54, 1.807) is 26.0 Å². The molecule has 0 aliphatic rings. The van der Waals surface area contributed by atoms with Crippen molar-refractivity contribution < 1.29 is 23.9 Å². The van der Waals surface area contributed by atoms with Crippen LogP contribution in [0.25, 0.3) is 0 Å². The van der Waals surface area contributed by atoms with Crippen molar-refractivity contribution in [2.45, 2.75) is 75.2 Å². The molecule has 2 N–H and O–H groups in total. The fourth-order valence-electron chi connectivity index (χ4n) is 4.30. The third-order valence-corrected chi connectivity index (χ3v) is 5.47. The zero-order chi connectivity index (χ0) is 29.6. The Morgan fingerprint density at radius 3 is 1.69 bits per heavy atom. The van der Waals surface area contributed by atoms with Gasteiger partial charge in [0.25, 0.3) is 0 Å². The van der Waals surface area contributed by atoms with Crippen LogP contribution in [0.3, 0.4) is 0 Å². The Kier molecular flexibility index (Phi) is 13.5. The molecule has 4 amide bonds. The largest absolute Gasteiger partial charge is 0.449 e. The first-order valence-corrected chi connectivity index (χ1v) is 13.7. The number of ether oxygens (including phenoxy) is 2. The van der Waals surface area contributed by atoms with Gasteiger partial charge in [0.1, 0.15) is 0 Å². The lowest BCUT2D eigenvalue weighted by Gasteiger charge is -2.31. The summed E-state index contributed by atoms with van der Waals surface area (Å²) < 4.78 is 10.4. The van der Waals surface area contributed by atoms with Crippen molar-refractivity contribution in [2.24, 2.45) is 10.8 Å². The fraction of sp³-hybridized carbons (Fsp3) is 0.516. The van der Waals surface area contributed by atoms with Gasteiger partial charge < -0.3 is 14.8 Å². The zero-order valence-electron chi connectivity index (χ0n) is 25.1. The van der Waals surface area contributed by atoms with Gasteiger partial charge in [-0.2, -0.15) is 0 Å². The van der Waals surface area contributed by atoms with E-state index in [0.29, 0.717) is 24.4 Å². The van der Waals surface area contributed by atoms with Crippen LogP contribution < -0.4 is 10.6 Å². The Bertz CT molecular complexity index is 1040. The van der Waals surface area contributed by atoms with E-state index in [-0.39, 0.29) is 24.0 Å². The van der Waals surface area contributed by atoms with Gasteiger partial charge in [0.05, 0.1) is 13.2 Å². The molecular formula is C31H47N3O5. The number of hydrogen-bond acceptors (Lipinski definition) is 5. The van der Waals surface area contributed by atoms with E-state index in [9.17, 15) is 14.4 Å². The molecule has 0 aliphatic heterocycles. The summed E-state index contributed by atoms with van der Waals surface area (Å²) in [7, 11) is 0. The Hall–Kier alpha value is -3.55. The number of carbonyl (C=O) groups is 3. The Morgan fingerprint density at radius 1 is 0.769 bits per heavy atom. The summed E-state index contributed by atoms with van der Waals surface area (Å²) >= 11 is 0. The average Bonchev–Trinajstić information content (AvgIpc) is 2.86. The number of rotatable bonds is 9. The minimum atomic E-state index is -0.672. The van der Waals surface area contributed by atoms with Crippen LogP contribution in [-0.2, 0) is 15.9 Å². The highest BCUT2D eigenvalue weighted by Crippen LogP contribution is 2.33. The van der Waals surface area contributed by atoms with E-state index in [0.717, 1.165) is 22.4 Å². The van der Waals surface area contributed by atoms with E-state index in [4.69, 9.17) is 9.47 Å². The predicted octanol–water partition coefficient (Wildman–Crippen LogP) is 8.32. The molecule has 0 fully saturated rings. The molecule has 0 aliphatic carbocycles. The van der Waals surface area contributed by atoms with Crippen LogP contribution in [0.4, 0.5) is 25.8 Å². The first-order chi connectivity index (χ1) is 18.3. The summed E-state index contributed by atoms with van der Waals surface area (Å²) in [6.07, 6.45) is 0.496. The van der Waals surface area contributed by atoms with Crippen LogP contribution in [0.15, 0.2) is 48.5 Å². The molecule has 0 aromatic heterocycles. The van der Waals surface area contributed by atoms with Gasteiger partial charge in [-0.3, -0.25) is 5.32 Å². The molecule has 2 aromatic carbocycles. The van der Waals surface area contributed by atoms with E-state index in [2.05, 4.69) is 45.3 Å². The van der Waals surface area contributed by atoms with Crippen LogP contribution in [0, 0.1) is 10.8 Å². The maximum absolute atomic E-state index is 12.4. The van der Waals surface area contributed by atoms with E-state index < -0.39 is 18.2 Å². The van der Waals surface area contributed by atoms with Gasteiger partial charge in [0.15, 0.2) is 0 Å². The van der Waals surface area contributed by atoms with Gasteiger partial charge in [-0.15, -0.1) is 0 Å². The van der Waals surface area contributed by atoms with Gasteiger partial charge in [0.2, 0.25) is 0 Å². The molecule has 8 heteroatoms. The summed E-state index contributed by atoms with van der Waals surface area (Å²) in [6, 6.07) is 14.5. The van der Waals surface area contributed by atoms with Gasteiger partial charge in [0, 0.05) is 17.9 Å². The Morgan fingerprint density at radius 2 is 1.26 bits per heavy atom. The van der Waals surface area contributed by atoms with Gasteiger partial charge >= 0.3 is 18.2 Å². The minimum absolute atomic E-state index is 0.103. The van der Waals surface area contributed by atoms with Crippen molar-refractivity contribution in [2.75, 3.05) is 30.4 Å². The van der Waals surface area contributed by atoms with E-state index in [1.807, 2.05) is 50.2 Å². The van der Waals surface area contributed by atoms with Crippen molar-refractivity contribution in [3.8, 4) is 0 Å². The van der Waals surface area contributed by atoms with Gasteiger partial charge in [-0.1, -0.05) is 72.7 Å². The third kappa shape index (κ3) is 12.7. The molecule has 216 valence electrons. The molecule has 0 heterocycles. The number of hydrogen-bond donors (Lipinski definition) is 2. The molecule has 0 spiro atoms. The maximum Gasteiger partial charge on any atom is 0.417 e. The molecule has 8 nitrogen and oxygen atoms in total. The second-order valence-corrected chi connectivity index (χ2v) is 11.0. The molecule has 0 saturated heterocycles. The van der Waals surface area contributed by atoms with Crippen molar-refractivity contribution in [3.05, 3.63) is 59.7 Å². The number of anilines is 2. The van der Waals surface area contributed by atoms with Crippen LogP contribution in [0.1, 0.15) is 79.9 Å². The highest BCUT2D eigenvalue weighted by Gasteiger charge is 2.27. The van der Waals surface area contributed by atoms with E-state index >= 15 is 0 Å². The molecule has 0 bridgehead atoms. The van der Waals surface area contributed by atoms with Gasteiger partial charge in [-0.25, -0.2) is 19.3 Å². The number of nitrogens with one attached hydrogen (secondary N) is 2. The summed E-state index contributed by atoms with van der Waals surface area (Å²) in [5.74, 6) is 0. The number of amides is 4. The third-order valence-electron chi connectivity index (χ3n) is 5.47. The summed E-state index contributed by atoms with van der Waals surface area (Å²) in [5, 5.41) is 5.50. The quantitative estimate of drug-likeness (QED) is 0.333. The lowest BCUT2D eigenvalue weighted by Crippen LogP contribution is -2.40. The monoisotopic (exact) mass is 541 g/mol. The molecule has 0 atom stereocenters. The SMILES string of the molecule is CC.CCOC(=O)N(CC)C(=O)Nc1ccc(Cc2ccc(NC(=O)OCC(C)(C)CC(C)(C)C)cc2)cc1. The number of benzene rings is 2.